The van der Waals surface area contributed by atoms with Gasteiger partial charge in [0.15, 0.2) is 5.65 Å². The van der Waals surface area contributed by atoms with Gasteiger partial charge in [-0.15, -0.1) is 0 Å². The van der Waals surface area contributed by atoms with E-state index in [1.807, 2.05) is 0 Å². The molecule has 11 heteroatoms. The van der Waals surface area contributed by atoms with Crippen LogP contribution in [-0.4, -0.2) is 19.9 Å². The Morgan fingerprint density at radius 1 is 1.04 bits per heavy atom. The van der Waals surface area contributed by atoms with Gasteiger partial charge in [0.2, 0.25) is 0 Å². The Morgan fingerprint density at radius 2 is 1.68 bits per heavy atom. The van der Waals surface area contributed by atoms with Crippen LogP contribution in [0.15, 0.2) is 41.4 Å². The van der Waals surface area contributed by atoms with E-state index in [0.29, 0.717) is 28.8 Å². The van der Waals surface area contributed by atoms with Crippen molar-refractivity contribution in [2.24, 2.45) is 5.73 Å². The number of aliphatic hydroxyl groups is 1. The molecule has 0 aliphatic heterocycles. The average molecular weight is 380 g/mol. The van der Waals surface area contributed by atoms with E-state index in [9.17, 15) is 24.5 Å². The number of aromatic nitrogens is 3. The van der Waals surface area contributed by atoms with Crippen molar-refractivity contribution in [2.45, 2.75) is 18.0 Å². The number of pyridine rings is 1. The van der Waals surface area contributed by atoms with Crippen LogP contribution in [0.1, 0.15) is 11.3 Å². The summed E-state index contributed by atoms with van der Waals surface area (Å²) in [6.45, 7) is -0.299. The number of hydrogen-bond acceptors (Lipinski definition) is 4. The number of nitrogens with two attached hydrogens (primary N) is 1. The summed E-state index contributed by atoms with van der Waals surface area (Å²) in [7, 11) is -9.73. The van der Waals surface area contributed by atoms with Gasteiger partial charge >= 0.3 is 10.2 Å². The van der Waals surface area contributed by atoms with E-state index in [1.165, 1.54) is 10.9 Å². The minimum Gasteiger partial charge on any atom is -0.392 e. The van der Waals surface area contributed by atoms with Gasteiger partial charge in [0.25, 0.3) is 0 Å². The smallest absolute Gasteiger partial charge is 0.310 e. The number of aliphatic hydroxyl groups excluding tert-OH is 1. The van der Waals surface area contributed by atoms with E-state index in [-0.39, 0.29) is 24.5 Å². The van der Waals surface area contributed by atoms with E-state index in [0.717, 1.165) is 12.1 Å². The highest BCUT2D eigenvalue weighted by Crippen LogP contribution is 3.02. The topological polar surface area (TPSA) is 77.0 Å². The third kappa shape index (κ3) is 3.17. The maximum atomic E-state index is 12.8. The number of halogens is 5. The normalized spacial score (nSPS) is 15.2. The molecule has 136 valence electrons. The Kier molecular flexibility index (Phi) is 3.44. The number of hydrogen-bond donors (Lipinski definition) is 2. The van der Waals surface area contributed by atoms with Crippen LogP contribution in [0.2, 0.25) is 0 Å². The summed E-state index contributed by atoms with van der Waals surface area (Å²) in [5.41, 5.74) is 6.86. The summed E-state index contributed by atoms with van der Waals surface area (Å²) in [6, 6.07) is 3.94. The van der Waals surface area contributed by atoms with Gasteiger partial charge in [0.05, 0.1) is 18.0 Å². The molecule has 3 aromatic rings. The molecule has 0 spiro atoms. The van der Waals surface area contributed by atoms with E-state index in [4.69, 9.17) is 5.73 Å². The molecule has 0 fully saturated rings. The van der Waals surface area contributed by atoms with E-state index in [2.05, 4.69) is 10.1 Å². The number of rotatable bonds is 4. The van der Waals surface area contributed by atoms with Gasteiger partial charge < -0.3 is 10.8 Å². The van der Waals surface area contributed by atoms with E-state index in [1.54, 1.807) is 6.07 Å². The lowest BCUT2D eigenvalue weighted by Gasteiger charge is -2.40. The molecule has 2 aromatic heterocycles. The highest BCUT2D eigenvalue weighted by Gasteiger charge is 2.65. The van der Waals surface area contributed by atoms with Gasteiger partial charge in [-0.1, -0.05) is 19.4 Å². The molecular weight excluding hydrogens is 367 g/mol. The van der Waals surface area contributed by atoms with Crippen LogP contribution < -0.4 is 5.73 Å². The molecule has 1 aromatic carbocycles. The van der Waals surface area contributed by atoms with Gasteiger partial charge in [0, 0.05) is 18.1 Å². The molecule has 3 rings (SSSR count). The van der Waals surface area contributed by atoms with Gasteiger partial charge in [-0.3, -0.25) is 0 Å². The maximum absolute atomic E-state index is 12.8. The first-order valence-electron chi connectivity index (χ1n) is 6.95. The quantitative estimate of drug-likeness (QED) is 0.670. The first-order valence-corrected chi connectivity index (χ1v) is 8.90. The summed E-state index contributed by atoms with van der Waals surface area (Å²) >= 11 is 0. The number of benzene rings is 1. The predicted octanol–water partition coefficient (Wildman–Crippen LogP) is 4.03. The highest BCUT2D eigenvalue weighted by molar-refractivity contribution is 8.45. The van der Waals surface area contributed by atoms with Crippen molar-refractivity contribution in [3.05, 3.63) is 47.8 Å². The summed E-state index contributed by atoms with van der Waals surface area (Å²) in [5, 5.41) is 14.1. The molecule has 0 aliphatic rings. The lowest BCUT2D eigenvalue weighted by Crippen LogP contribution is -2.06. The van der Waals surface area contributed by atoms with Crippen LogP contribution >= 0.6 is 10.2 Å². The van der Waals surface area contributed by atoms with Crippen LogP contribution in [0, 0.1) is 0 Å². The lowest BCUT2D eigenvalue weighted by molar-refractivity contribution is 0.283. The van der Waals surface area contributed by atoms with Crippen LogP contribution in [0.25, 0.3) is 16.7 Å². The van der Waals surface area contributed by atoms with Gasteiger partial charge in [0.1, 0.15) is 4.90 Å². The van der Waals surface area contributed by atoms with Crippen molar-refractivity contribution in [3.63, 3.8) is 0 Å². The second kappa shape index (κ2) is 4.90. The van der Waals surface area contributed by atoms with Crippen molar-refractivity contribution in [1.29, 1.82) is 0 Å². The zero-order valence-corrected chi connectivity index (χ0v) is 13.4. The SMILES string of the molecule is NCc1nn(-c2ccc(S(F)(F)(F)(F)F)cc2)c2nccc(CO)c12. The van der Waals surface area contributed by atoms with Crippen LogP contribution in [0.3, 0.4) is 0 Å². The summed E-state index contributed by atoms with van der Waals surface area (Å²) in [6.07, 6.45) is 1.40. The molecule has 0 saturated carbocycles. The maximum Gasteiger partial charge on any atom is 0.310 e. The van der Waals surface area contributed by atoms with Gasteiger partial charge in [-0.05, 0) is 35.9 Å². The van der Waals surface area contributed by atoms with Crippen LogP contribution in [-0.2, 0) is 13.2 Å². The molecule has 5 nitrogen and oxygen atoms in total. The van der Waals surface area contributed by atoms with Crippen molar-refractivity contribution in [1.82, 2.24) is 14.8 Å². The van der Waals surface area contributed by atoms with Crippen molar-refractivity contribution in [3.8, 4) is 5.69 Å². The summed E-state index contributed by atoms with van der Waals surface area (Å²) in [5.74, 6) is 0. The Hall–Kier alpha value is -2.24. The van der Waals surface area contributed by atoms with Gasteiger partial charge in [-0.2, -0.15) is 5.10 Å². The van der Waals surface area contributed by atoms with Crippen molar-refractivity contribution in [2.75, 3.05) is 0 Å². The minimum absolute atomic E-state index is 0.00569. The zero-order valence-electron chi connectivity index (χ0n) is 12.5. The fraction of sp³-hybridized carbons (Fsp3) is 0.143. The molecular formula is C14H13F5N4OS. The van der Waals surface area contributed by atoms with Crippen molar-refractivity contribution < 1.29 is 24.5 Å². The molecule has 25 heavy (non-hydrogen) atoms. The standard InChI is InChI=1S/C14H13F5N4OS/c15-25(16,17,18,19)11-3-1-10(2-4-11)23-14-13(12(7-20)22-23)9(8-24)5-6-21-14/h1-6,24H,7-8,20H2. The van der Waals surface area contributed by atoms with E-state index >= 15 is 0 Å². The predicted molar refractivity (Wildman–Crippen MR) is 84.1 cm³/mol. The van der Waals surface area contributed by atoms with Gasteiger partial charge in [-0.25, -0.2) is 9.67 Å². The molecule has 0 radical (unpaired) electrons. The molecule has 0 unspecified atom stereocenters. The first-order chi connectivity index (χ1) is 11.4. The highest BCUT2D eigenvalue weighted by atomic mass is 32.5. The second-order valence-corrected chi connectivity index (χ2v) is 7.76. The fourth-order valence-electron chi connectivity index (χ4n) is 2.48. The first kappa shape index (κ1) is 17.6. The number of nitrogens with zero attached hydrogens (tertiary/aromatic N) is 3. The Balaban J connectivity index is 2.19. The lowest BCUT2D eigenvalue weighted by atomic mass is 10.1. The molecule has 0 bridgehead atoms. The number of fused-ring (bicyclic) bond motifs is 1. The molecule has 0 amide bonds. The fourth-order valence-corrected chi connectivity index (χ4v) is 3.13. The Labute approximate surface area is 138 Å². The Morgan fingerprint density at radius 3 is 2.20 bits per heavy atom. The van der Waals surface area contributed by atoms with Crippen LogP contribution in [0.4, 0.5) is 19.4 Å². The van der Waals surface area contributed by atoms with E-state index < -0.39 is 15.1 Å². The largest absolute Gasteiger partial charge is 0.392 e. The zero-order chi connectivity index (χ0) is 18.5. The van der Waals surface area contributed by atoms with Crippen LogP contribution in [0.5, 0.6) is 0 Å². The molecule has 0 saturated heterocycles. The van der Waals surface area contributed by atoms with Crippen molar-refractivity contribution >= 4 is 21.3 Å². The summed E-state index contributed by atoms with van der Waals surface area (Å²) < 4.78 is 65.3. The third-order valence-corrected chi connectivity index (χ3v) is 4.78. The average Bonchev–Trinajstić information content (AvgIpc) is 2.91. The molecule has 3 N–H and O–H groups in total. The Bertz CT molecular complexity index is 954. The molecule has 2 heterocycles. The third-order valence-electron chi connectivity index (χ3n) is 3.62. The molecule has 0 atom stereocenters. The molecule has 0 aliphatic carbocycles. The summed E-state index contributed by atoms with van der Waals surface area (Å²) in [4.78, 5) is 2.12. The second-order valence-electron chi connectivity index (χ2n) is 5.35. The minimum atomic E-state index is -9.73. The monoisotopic (exact) mass is 380 g/mol.